The molecule has 1 heterocycles. The summed E-state index contributed by atoms with van der Waals surface area (Å²) in [4.78, 5) is 13.2. The van der Waals surface area contributed by atoms with Crippen molar-refractivity contribution in [3.63, 3.8) is 0 Å². The summed E-state index contributed by atoms with van der Waals surface area (Å²) in [5.74, 6) is -0.0345. The van der Waals surface area contributed by atoms with Gasteiger partial charge in [-0.25, -0.2) is 8.42 Å². The first-order valence-corrected chi connectivity index (χ1v) is 8.07. The Morgan fingerprint density at radius 2 is 2.11 bits per heavy atom. The third-order valence-electron chi connectivity index (χ3n) is 3.01. The molecule has 7 heteroatoms. The molecule has 2 rings (SSSR count). The Kier molecular flexibility index (Phi) is 3.73. The van der Waals surface area contributed by atoms with Crippen LogP contribution in [0.25, 0.3) is 0 Å². The number of likely N-dealkylation sites (N-methyl/N-ethyl adjacent to an activating group) is 1. The highest BCUT2D eigenvalue weighted by Crippen LogP contribution is 2.30. The van der Waals surface area contributed by atoms with E-state index in [4.69, 9.17) is 15.4 Å². The molecule has 1 aliphatic heterocycles. The van der Waals surface area contributed by atoms with Crippen molar-refractivity contribution in [3.8, 4) is 5.75 Å². The van der Waals surface area contributed by atoms with Crippen LogP contribution in [0.4, 0.5) is 0 Å². The normalized spacial score (nSPS) is 19.8. The first-order chi connectivity index (χ1) is 8.79. The monoisotopic (exact) mass is 303 g/mol. The highest BCUT2D eigenvalue weighted by Gasteiger charge is 2.32. The van der Waals surface area contributed by atoms with Gasteiger partial charge in [-0.1, -0.05) is 6.07 Å². The van der Waals surface area contributed by atoms with E-state index in [1.807, 2.05) is 0 Å². The summed E-state index contributed by atoms with van der Waals surface area (Å²) in [6.45, 7) is 2.35. The molecule has 1 aromatic rings. The molecule has 5 nitrogen and oxygen atoms in total. The fourth-order valence-electron chi connectivity index (χ4n) is 1.96. The van der Waals surface area contributed by atoms with Crippen LogP contribution in [-0.2, 0) is 13.8 Å². The molecule has 0 spiro atoms. The van der Waals surface area contributed by atoms with Crippen molar-refractivity contribution < 1.29 is 17.9 Å². The molecule has 1 atom stereocenters. The Labute approximate surface area is 116 Å². The molecule has 104 valence electrons. The van der Waals surface area contributed by atoms with Gasteiger partial charge in [0.1, 0.15) is 10.6 Å². The Bertz CT molecular complexity index is 614. The lowest BCUT2D eigenvalue weighted by Crippen LogP contribution is -2.29. The number of halogens is 1. The highest BCUT2D eigenvalue weighted by molar-refractivity contribution is 8.13. The summed E-state index contributed by atoms with van der Waals surface area (Å²) >= 11 is 0. The van der Waals surface area contributed by atoms with Gasteiger partial charge in [-0.3, -0.25) is 4.79 Å². The first kappa shape index (κ1) is 14.1. The second-order valence-electron chi connectivity index (χ2n) is 4.54. The molecule has 1 aromatic carbocycles. The molecule has 1 amide bonds. The zero-order valence-corrected chi connectivity index (χ0v) is 12.2. The van der Waals surface area contributed by atoms with Crippen LogP contribution in [0.1, 0.15) is 12.0 Å². The second kappa shape index (κ2) is 5.02. The van der Waals surface area contributed by atoms with Gasteiger partial charge in [0.15, 0.2) is 6.10 Å². The third-order valence-corrected chi connectivity index (χ3v) is 4.35. The average molecular weight is 304 g/mol. The number of aryl methyl sites for hydroxylation is 1. The van der Waals surface area contributed by atoms with Crippen molar-refractivity contribution in [2.24, 2.45) is 0 Å². The standard InChI is InChI=1S/C12H14ClNO4S/c1-8-3-4-9(11(7-8)19(13,16)17)18-10-5-6-14(2)12(10)15/h3-4,7,10H,5-6H2,1-2H3. The van der Waals surface area contributed by atoms with Gasteiger partial charge >= 0.3 is 0 Å². The number of likely N-dealkylation sites (tertiary alicyclic amines) is 1. The predicted octanol–water partition coefficient (Wildman–Crippen LogP) is 1.53. The number of hydrogen-bond acceptors (Lipinski definition) is 4. The van der Waals surface area contributed by atoms with Crippen LogP contribution in [0.2, 0.25) is 0 Å². The predicted molar refractivity (Wildman–Crippen MR) is 70.9 cm³/mol. The van der Waals surface area contributed by atoms with Crippen LogP contribution >= 0.6 is 10.7 Å². The number of amides is 1. The van der Waals surface area contributed by atoms with Crippen molar-refractivity contribution in [1.29, 1.82) is 0 Å². The number of ether oxygens (including phenoxy) is 1. The van der Waals surface area contributed by atoms with E-state index < -0.39 is 15.2 Å². The minimum absolute atomic E-state index is 0.100. The van der Waals surface area contributed by atoms with Crippen molar-refractivity contribution >= 4 is 25.6 Å². The van der Waals surface area contributed by atoms with Crippen molar-refractivity contribution in [2.45, 2.75) is 24.3 Å². The fraction of sp³-hybridized carbons (Fsp3) is 0.417. The summed E-state index contributed by atoms with van der Waals surface area (Å²) in [5.41, 5.74) is 0.751. The van der Waals surface area contributed by atoms with E-state index in [0.717, 1.165) is 5.56 Å². The Hall–Kier alpha value is -1.27. The molecule has 1 saturated heterocycles. The maximum atomic E-state index is 11.8. The molecule has 0 aliphatic carbocycles. The van der Waals surface area contributed by atoms with Crippen molar-refractivity contribution in [2.75, 3.05) is 13.6 Å². The molecular formula is C12H14ClNO4S. The topological polar surface area (TPSA) is 63.7 Å². The van der Waals surface area contributed by atoms with E-state index in [1.54, 1.807) is 24.9 Å². The first-order valence-electron chi connectivity index (χ1n) is 5.76. The van der Waals surface area contributed by atoms with Gasteiger partial charge in [-0.05, 0) is 24.6 Å². The van der Waals surface area contributed by atoms with Crippen LogP contribution < -0.4 is 4.74 Å². The van der Waals surface area contributed by atoms with Gasteiger partial charge in [0.05, 0.1) is 0 Å². The van der Waals surface area contributed by atoms with Crippen molar-refractivity contribution in [1.82, 2.24) is 4.90 Å². The van der Waals surface area contributed by atoms with Gasteiger partial charge in [-0.15, -0.1) is 0 Å². The summed E-state index contributed by atoms with van der Waals surface area (Å²) in [6.07, 6.45) is -0.116. The fourth-order valence-corrected chi connectivity index (χ4v) is 3.00. The Morgan fingerprint density at radius 1 is 1.42 bits per heavy atom. The number of hydrogen-bond donors (Lipinski definition) is 0. The number of benzene rings is 1. The average Bonchev–Trinajstić information content (AvgIpc) is 2.62. The lowest BCUT2D eigenvalue weighted by atomic mass is 10.2. The maximum Gasteiger partial charge on any atom is 0.264 e. The number of carbonyl (C=O) groups is 1. The largest absolute Gasteiger partial charge is 0.479 e. The second-order valence-corrected chi connectivity index (χ2v) is 7.08. The minimum Gasteiger partial charge on any atom is -0.479 e. The van der Waals surface area contributed by atoms with E-state index in [0.29, 0.717) is 13.0 Å². The number of carbonyl (C=O) groups excluding carboxylic acids is 1. The summed E-state index contributed by atoms with van der Waals surface area (Å²) in [6, 6.07) is 4.67. The molecule has 0 N–H and O–H groups in total. The molecular weight excluding hydrogens is 290 g/mol. The Balaban J connectivity index is 2.33. The lowest BCUT2D eigenvalue weighted by Gasteiger charge is -2.15. The number of nitrogens with zero attached hydrogens (tertiary/aromatic N) is 1. The summed E-state index contributed by atoms with van der Waals surface area (Å²) in [7, 11) is 3.16. The van der Waals surface area contributed by atoms with E-state index >= 15 is 0 Å². The van der Waals surface area contributed by atoms with Gasteiger partial charge in [0, 0.05) is 30.7 Å². The molecule has 1 unspecified atom stereocenters. The van der Waals surface area contributed by atoms with Crippen molar-refractivity contribution in [3.05, 3.63) is 23.8 Å². The van der Waals surface area contributed by atoms with Crippen LogP contribution in [-0.4, -0.2) is 38.9 Å². The van der Waals surface area contributed by atoms with Gasteiger partial charge < -0.3 is 9.64 Å². The Morgan fingerprint density at radius 3 is 2.63 bits per heavy atom. The van der Waals surface area contributed by atoms with Gasteiger partial charge in [0.2, 0.25) is 0 Å². The molecule has 1 fully saturated rings. The van der Waals surface area contributed by atoms with Crippen LogP contribution in [0, 0.1) is 6.92 Å². The zero-order valence-electron chi connectivity index (χ0n) is 10.6. The summed E-state index contributed by atoms with van der Waals surface area (Å²) < 4.78 is 28.5. The quantitative estimate of drug-likeness (QED) is 0.795. The molecule has 0 bridgehead atoms. The molecule has 0 aromatic heterocycles. The van der Waals surface area contributed by atoms with Crippen LogP contribution in [0.3, 0.4) is 0 Å². The highest BCUT2D eigenvalue weighted by atomic mass is 35.7. The third kappa shape index (κ3) is 3.01. The number of rotatable bonds is 3. The SMILES string of the molecule is Cc1ccc(OC2CCN(C)C2=O)c(S(=O)(=O)Cl)c1. The van der Waals surface area contributed by atoms with E-state index in [-0.39, 0.29) is 16.6 Å². The van der Waals surface area contributed by atoms with Crippen LogP contribution in [0.15, 0.2) is 23.1 Å². The zero-order chi connectivity index (χ0) is 14.2. The molecule has 1 aliphatic rings. The maximum absolute atomic E-state index is 11.8. The molecule has 0 saturated carbocycles. The lowest BCUT2D eigenvalue weighted by molar-refractivity contribution is -0.132. The van der Waals surface area contributed by atoms with E-state index in [1.165, 1.54) is 12.1 Å². The smallest absolute Gasteiger partial charge is 0.264 e. The van der Waals surface area contributed by atoms with Gasteiger partial charge in [-0.2, -0.15) is 0 Å². The van der Waals surface area contributed by atoms with E-state index in [9.17, 15) is 13.2 Å². The van der Waals surface area contributed by atoms with Crippen LogP contribution in [0.5, 0.6) is 5.75 Å². The molecule has 19 heavy (non-hydrogen) atoms. The van der Waals surface area contributed by atoms with Gasteiger partial charge in [0.25, 0.3) is 15.0 Å². The minimum atomic E-state index is -3.91. The summed E-state index contributed by atoms with van der Waals surface area (Å²) in [5, 5.41) is 0. The molecule has 0 radical (unpaired) electrons. The van der Waals surface area contributed by atoms with E-state index in [2.05, 4.69) is 0 Å².